The number of nitrogens with zero attached hydrogens (tertiary/aromatic N) is 3. The third kappa shape index (κ3) is 4.76. The molecule has 0 aliphatic carbocycles. The quantitative estimate of drug-likeness (QED) is 0.554. The first kappa shape index (κ1) is 25.2. The zero-order chi connectivity index (χ0) is 24.8. The SMILES string of the molecule is C=CCN1c2c(cc(Cl)c3c(Cl)c[nH]c23)CN(CC2CCN(C(=O)OC(C)(C)C)CC2)S1(=O)=O. The van der Waals surface area contributed by atoms with E-state index in [2.05, 4.69) is 11.6 Å². The van der Waals surface area contributed by atoms with E-state index in [-0.39, 0.29) is 25.1 Å². The molecule has 1 N–H and O–H groups in total. The van der Waals surface area contributed by atoms with Crippen LogP contribution in [0.4, 0.5) is 10.5 Å². The Balaban J connectivity index is 1.56. The predicted octanol–water partition coefficient (Wildman–Crippen LogP) is 5.17. The number of hydrogen-bond donors (Lipinski definition) is 1. The van der Waals surface area contributed by atoms with Gasteiger partial charge in [-0.3, -0.25) is 4.31 Å². The highest BCUT2D eigenvalue weighted by molar-refractivity contribution is 7.90. The molecule has 2 aromatic rings. The average molecular weight is 529 g/mol. The highest BCUT2D eigenvalue weighted by Gasteiger charge is 2.40. The molecule has 0 bridgehead atoms. The van der Waals surface area contributed by atoms with Gasteiger partial charge < -0.3 is 14.6 Å². The van der Waals surface area contributed by atoms with Gasteiger partial charge in [0.15, 0.2) is 0 Å². The summed E-state index contributed by atoms with van der Waals surface area (Å²) in [7, 11) is -3.80. The molecule has 1 amide bonds. The number of piperidine rings is 1. The average Bonchev–Trinajstić information content (AvgIpc) is 3.13. The van der Waals surface area contributed by atoms with Gasteiger partial charge in [-0.05, 0) is 51.2 Å². The maximum Gasteiger partial charge on any atom is 0.410 e. The molecule has 1 fully saturated rings. The molecular weight excluding hydrogens is 499 g/mol. The van der Waals surface area contributed by atoms with Crippen molar-refractivity contribution in [3.8, 4) is 0 Å². The summed E-state index contributed by atoms with van der Waals surface area (Å²) in [5.41, 5.74) is 1.41. The summed E-state index contributed by atoms with van der Waals surface area (Å²) in [4.78, 5) is 17.1. The number of H-pyrrole nitrogens is 1. The fourth-order valence-electron chi connectivity index (χ4n) is 4.58. The molecule has 3 heterocycles. The molecule has 1 aromatic carbocycles. The second-order valence-electron chi connectivity index (χ2n) is 9.78. The first-order valence-corrected chi connectivity index (χ1v) is 13.4. The number of carbonyl (C=O) groups excluding carboxylic acids is 1. The first-order chi connectivity index (χ1) is 15.9. The number of carbonyl (C=O) groups is 1. The Bertz CT molecular complexity index is 1210. The molecule has 4 rings (SSSR count). The number of rotatable bonds is 4. The summed E-state index contributed by atoms with van der Waals surface area (Å²) in [6.07, 6.45) is 4.25. The molecule has 8 nitrogen and oxygen atoms in total. The van der Waals surface area contributed by atoms with Crippen LogP contribution >= 0.6 is 23.2 Å². The fourth-order valence-corrected chi connectivity index (χ4v) is 6.92. The third-order valence-electron chi connectivity index (χ3n) is 6.14. The zero-order valence-corrected chi connectivity index (χ0v) is 21.9. The Kier molecular flexibility index (Phi) is 6.85. The van der Waals surface area contributed by atoms with Crippen LogP contribution in [0.2, 0.25) is 10.0 Å². The topological polar surface area (TPSA) is 85.9 Å². The Labute approximate surface area is 210 Å². The van der Waals surface area contributed by atoms with Gasteiger partial charge in [-0.15, -0.1) is 6.58 Å². The lowest BCUT2D eigenvalue weighted by molar-refractivity contribution is 0.0177. The highest BCUT2D eigenvalue weighted by Crippen LogP contribution is 2.43. The molecular formula is C23H30Cl2N4O4S. The number of fused-ring (bicyclic) bond motifs is 3. The number of amides is 1. The number of aromatic amines is 1. The summed E-state index contributed by atoms with van der Waals surface area (Å²) < 4.78 is 35.6. The van der Waals surface area contributed by atoms with Gasteiger partial charge in [0.05, 0.1) is 27.8 Å². The van der Waals surface area contributed by atoms with E-state index in [4.69, 9.17) is 27.9 Å². The van der Waals surface area contributed by atoms with Crippen molar-refractivity contribution in [2.75, 3.05) is 30.5 Å². The smallest absolute Gasteiger partial charge is 0.410 e. The summed E-state index contributed by atoms with van der Waals surface area (Å²) in [6.45, 7) is 11.0. The van der Waals surface area contributed by atoms with Crippen molar-refractivity contribution in [2.45, 2.75) is 45.8 Å². The number of ether oxygens (including phenoxy) is 1. The van der Waals surface area contributed by atoms with Crippen molar-refractivity contribution in [2.24, 2.45) is 5.92 Å². The van der Waals surface area contributed by atoms with Crippen LogP contribution in [0.25, 0.3) is 10.9 Å². The van der Waals surface area contributed by atoms with E-state index in [1.165, 1.54) is 8.61 Å². The minimum absolute atomic E-state index is 0.121. The largest absolute Gasteiger partial charge is 0.444 e. The van der Waals surface area contributed by atoms with Crippen LogP contribution in [0.5, 0.6) is 0 Å². The molecule has 186 valence electrons. The number of anilines is 1. The number of nitrogens with one attached hydrogen (secondary N) is 1. The van der Waals surface area contributed by atoms with Crippen molar-refractivity contribution in [1.29, 1.82) is 0 Å². The third-order valence-corrected chi connectivity index (χ3v) is 8.55. The summed E-state index contributed by atoms with van der Waals surface area (Å²) >= 11 is 12.8. The van der Waals surface area contributed by atoms with Gasteiger partial charge in [-0.2, -0.15) is 12.7 Å². The molecule has 0 radical (unpaired) electrons. The van der Waals surface area contributed by atoms with Gasteiger partial charge in [0.1, 0.15) is 5.60 Å². The van der Waals surface area contributed by atoms with Crippen LogP contribution < -0.4 is 4.31 Å². The maximum atomic E-state index is 13.6. The molecule has 0 saturated carbocycles. The lowest BCUT2D eigenvalue weighted by Crippen LogP contribution is -2.50. The fraction of sp³-hybridized carbons (Fsp3) is 0.522. The Morgan fingerprint density at radius 3 is 2.56 bits per heavy atom. The minimum atomic E-state index is -3.80. The maximum absolute atomic E-state index is 13.6. The van der Waals surface area contributed by atoms with Crippen LogP contribution in [0.15, 0.2) is 24.9 Å². The summed E-state index contributed by atoms with van der Waals surface area (Å²) in [6, 6.07) is 1.79. The van der Waals surface area contributed by atoms with Crippen LogP contribution in [-0.2, 0) is 21.5 Å². The van der Waals surface area contributed by atoms with E-state index >= 15 is 0 Å². The molecule has 0 spiro atoms. The molecule has 11 heteroatoms. The van der Waals surface area contributed by atoms with Crippen LogP contribution in [0, 0.1) is 5.92 Å². The van der Waals surface area contributed by atoms with E-state index < -0.39 is 15.8 Å². The lowest BCUT2D eigenvalue weighted by atomic mass is 9.97. The molecule has 2 aliphatic rings. The van der Waals surface area contributed by atoms with E-state index in [0.717, 1.165) is 5.56 Å². The van der Waals surface area contributed by atoms with E-state index in [9.17, 15) is 13.2 Å². The van der Waals surface area contributed by atoms with Crippen molar-refractivity contribution in [3.05, 3.63) is 40.5 Å². The second kappa shape index (κ2) is 9.26. The van der Waals surface area contributed by atoms with Crippen molar-refractivity contribution in [3.63, 3.8) is 0 Å². The van der Waals surface area contributed by atoms with Crippen molar-refractivity contribution >= 4 is 56.1 Å². The molecule has 2 aliphatic heterocycles. The second-order valence-corrected chi connectivity index (χ2v) is 12.5. The van der Waals surface area contributed by atoms with Gasteiger partial charge in [-0.25, -0.2) is 4.79 Å². The standard InChI is InChI=1S/C23H30Cl2N4O4S/c1-5-8-29-21-16(11-17(24)19-18(25)12-26-20(19)21)14-28(34(29,31)32)13-15-6-9-27(10-7-15)22(30)33-23(2,3)4/h5,11-12,15,26H,1,6-10,13-14H2,2-4H3. The van der Waals surface area contributed by atoms with E-state index in [1.54, 1.807) is 23.2 Å². The van der Waals surface area contributed by atoms with E-state index in [1.807, 2.05) is 20.8 Å². The van der Waals surface area contributed by atoms with Crippen molar-refractivity contribution < 1.29 is 17.9 Å². The Morgan fingerprint density at radius 1 is 1.26 bits per heavy atom. The Hall–Kier alpha value is -1.94. The van der Waals surface area contributed by atoms with Gasteiger partial charge in [-0.1, -0.05) is 29.3 Å². The highest BCUT2D eigenvalue weighted by atomic mass is 35.5. The summed E-state index contributed by atoms with van der Waals surface area (Å²) in [5.74, 6) is 0.125. The summed E-state index contributed by atoms with van der Waals surface area (Å²) in [5, 5.41) is 1.52. The van der Waals surface area contributed by atoms with Gasteiger partial charge in [0.2, 0.25) is 0 Å². The van der Waals surface area contributed by atoms with Crippen molar-refractivity contribution in [1.82, 2.24) is 14.2 Å². The number of halogens is 2. The predicted molar refractivity (Wildman–Crippen MR) is 136 cm³/mol. The molecule has 1 saturated heterocycles. The number of likely N-dealkylation sites (tertiary alicyclic amines) is 1. The monoisotopic (exact) mass is 528 g/mol. The zero-order valence-electron chi connectivity index (χ0n) is 19.6. The lowest BCUT2D eigenvalue weighted by Gasteiger charge is -2.40. The van der Waals surface area contributed by atoms with Crippen LogP contribution in [0.3, 0.4) is 0 Å². The van der Waals surface area contributed by atoms with Gasteiger partial charge >= 0.3 is 16.3 Å². The molecule has 0 unspecified atom stereocenters. The first-order valence-electron chi connectivity index (χ1n) is 11.3. The van der Waals surface area contributed by atoms with E-state index in [0.29, 0.717) is 59.1 Å². The Morgan fingerprint density at radius 2 is 1.94 bits per heavy atom. The molecule has 1 aromatic heterocycles. The van der Waals surface area contributed by atoms with Gasteiger partial charge in [0.25, 0.3) is 0 Å². The number of hydrogen-bond acceptors (Lipinski definition) is 4. The number of benzene rings is 1. The normalized spacial score (nSPS) is 19.3. The van der Waals surface area contributed by atoms with Gasteiger partial charge in [0, 0.05) is 37.8 Å². The molecule has 34 heavy (non-hydrogen) atoms. The van der Waals surface area contributed by atoms with Crippen LogP contribution in [0.1, 0.15) is 39.2 Å². The minimum Gasteiger partial charge on any atom is -0.444 e. The molecule has 0 atom stereocenters. The number of aromatic nitrogens is 1. The van der Waals surface area contributed by atoms with Crippen LogP contribution in [-0.4, -0.2) is 60.5 Å².